The Morgan fingerprint density at radius 3 is 2.50 bits per heavy atom. The zero-order valence-corrected chi connectivity index (χ0v) is 15.6. The highest BCUT2D eigenvalue weighted by Gasteiger charge is 2.42. The first kappa shape index (κ1) is 16.8. The van der Waals surface area contributed by atoms with Crippen LogP contribution in [0.1, 0.15) is 48.9 Å². The van der Waals surface area contributed by atoms with E-state index < -0.39 is 0 Å². The maximum Gasteiger partial charge on any atom is 0.174 e. The van der Waals surface area contributed by atoms with Gasteiger partial charge in [-0.2, -0.15) is 0 Å². The van der Waals surface area contributed by atoms with Gasteiger partial charge in [-0.1, -0.05) is 32.0 Å². The summed E-state index contributed by atoms with van der Waals surface area (Å²) in [4.78, 5) is 6.65. The van der Waals surface area contributed by atoms with Crippen LogP contribution >= 0.6 is 12.2 Å². The Morgan fingerprint density at radius 2 is 1.88 bits per heavy atom. The Labute approximate surface area is 158 Å². The van der Waals surface area contributed by atoms with Crippen molar-refractivity contribution in [3.8, 4) is 0 Å². The van der Waals surface area contributed by atoms with Crippen LogP contribution in [0.15, 0.2) is 71.5 Å². The number of nitrogens with zero attached hydrogens (tertiary/aromatic N) is 2. The fourth-order valence-electron chi connectivity index (χ4n) is 3.40. The summed E-state index contributed by atoms with van der Waals surface area (Å²) in [5.41, 5.74) is 3.30. The number of hydrogen-bond acceptors (Lipinski definition) is 3. The SMILES string of the molecule is CC(C)c1ccc(N2C(=S)N[C@@H](c3ccccn3)[C@@H]2c2ccco2)cc1. The van der Waals surface area contributed by atoms with Gasteiger partial charge in [-0.25, -0.2) is 0 Å². The second-order valence-electron chi connectivity index (χ2n) is 6.76. The molecule has 0 amide bonds. The molecule has 1 aliphatic heterocycles. The molecule has 4 rings (SSSR count). The maximum absolute atomic E-state index is 5.76. The number of pyridine rings is 1. The average molecular weight is 363 g/mol. The van der Waals surface area contributed by atoms with Crippen molar-refractivity contribution in [1.82, 2.24) is 10.3 Å². The van der Waals surface area contributed by atoms with Gasteiger partial charge in [0.15, 0.2) is 5.11 Å². The quantitative estimate of drug-likeness (QED) is 0.663. The van der Waals surface area contributed by atoms with Gasteiger partial charge in [-0.05, 0) is 60.1 Å². The van der Waals surface area contributed by atoms with Crippen LogP contribution in [0.25, 0.3) is 0 Å². The highest BCUT2D eigenvalue weighted by atomic mass is 32.1. The van der Waals surface area contributed by atoms with Gasteiger partial charge in [-0.15, -0.1) is 0 Å². The lowest BCUT2D eigenvalue weighted by Crippen LogP contribution is -2.29. The van der Waals surface area contributed by atoms with Crippen LogP contribution in [-0.4, -0.2) is 10.1 Å². The molecule has 0 bridgehead atoms. The number of hydrogen-bond donors (Lipinski definition) is 1. The normalized spacial score (nSPS) is 19.8. The Morgan fingerprint density at radius 1 is 1.08 bits per heavy atom. The molecule has 0 radical (unpaired) electrons. The molecule has 4 nitrogen and oxygen atoms in total. The van der Waals surface area contributed by atoms with Crippen molar-refractivity contribution in [2.24, 2.45) is 0 Å². The molecule has 0 saturated carbocycles. The minimum Gasteiger partial charge on any atom is -0.467 e. The largest absolute Gasteiger partial charge is 0.467 e. The van der Waals surface area contributed by atoms with Crippen molar-refractivity contribution < 1.29 is 4.42 Å². The molecular formula is C21H21N3OS. The molecule has 1 N–H and O–H groups in total. The summed E-state index contributed by atoms with van der Waals surface area (Å²) in [5, 5.41) is 4.11. The van der Waals surface area contributed by atoms with Crippen LogP contribution in [0, 0.1) is 0 Å². The summed E-state index contributed by atoms with van der Waals surface area (Å²) in [6.45, 7) is 4.39. The van der Waals surface area contributed by atoms with Crippen LogP contribution in [0.4, 0.5) is 5.69 Å². The second kappa shape index (κ2) is 6.92. The van der Waals surface area contributed by atoms with Gasteiger partial charge in [0, 0.05) is 11.9 Å². The van der Waals surface area contributed by atoms with Gasteiger partial charge in [0.25, 0.3) is 0 Å². The molecule has 2 atom stereocenters. The monoisotopic (exact) mass is 363 g/mol. The first-order valence-electron chi connectivity index (χ1n) is 8.79. The molecule has 5 heteroatoms. The number of nitrogens with one attached hydrogen (secondary N) is 1. The first-order valence-corrected chi connectivity index (χ1v) is 9.20. The number of thiocarbonyl (C=S) groups is 1. The van der Waals surface area contributed by atoms with E-state index in [1.165, 1.54) is 5.56 Å². The van der Waals surface area contributed by atoms with Crippen molar-refractivity contribution >= 4 is 23.0 Å². The van der Waals surface area contributed by atoms with Gasteiger partial charge in [0.1, 0.15) is 11.8 Å². The zero-order valence-electron chi connectivity index (χ0n) is 14.8. The summed E-state index contributed by atoms with van der Waals surface area (Å²) in [6.07, 6.45) is 3.51. The molecule has 1 aromatic carbocycles. The van der Waals surface area contributed by atoms with Gasteiger partial charge in [0.05, 0.1) is 18.0 Å². The van der Waals surface area contributed by atoms with Crippen LogP contribution in [0.3, 0.4) is 0 Å². The molecule has 0 unspecified atom stereocenters. The zero-order chi connectivity index (χ0) is 18.1. The minimum absolute atomic E-state index is 0.0698. The molecule has 3 aromatic rings. The lowest BCUT2D eigenvalue weighted by Gasteiger charge is -2.26. The minimum atomic E-state index is -0.0858. The van der Waals surface area contributed by atoms with Gasteiger partial charge < -0.3 is 14.6 Å². The fourth-order valence-corrected chi connectivity index (χ4v) is 3.75. The molecule has 1 saturated heterocycles. The van der Waals surface area contributed by atoms with Crippen molar-refractivity contribution in [3.05, 3.63) is 84.1 Å². The van der Waals surface area contributed by atoms with Crippen molar-refractivity contribution in [2.75, 3.05) is 4.90 Å². The van der Waals surface area contributed by atoms with Gasteiger partial charge in [0.2, 0.25) is 0 Å². The van der Waals surface area contributed by atoms with E-state index in [1.807, 2.05) is 30.3 Å². The molecule has 0 aliphatic carbocycles. The summed E-state index contributed by atoms with van der Waals surface area (Å²) in [6, 6.07) is 18.2. The number of rotatable bonds is 4. The summed E-state index contributed by atoms with van der Waals surface area (Å²) < 4.78 is 5.76. The topological polar surface area (TPSA) is 41.3 Å². The van der Waals surface area contributed by atoms with E-state index in [9.17, 15) is 0 Å². The van der Waals surface area contributed by atoms with E-state index in [4.69, 9.17) is 16.6 Å². The van der Waals surface area contributed by atoms with E-state index in [0.29, 0.717) is 11.0 Å². The third kappa shape index (κ3) is 2.99. The lowest BCUT2D eigenvalue weighted by molar-refractivity contribution is 0.432. The maximum atomic E-state index is 5.76. The van der Waals surface area contributed by atoms with Crippen LogP contribution in [0.5, 0.6) is 0 Å². The second-order valence-corrected chi connectivity index (χ2v) is 7.14. The van der Waals surface area contributed by atoms with Crippen LogP contribution in [-0.2, 0) is 0 Å². The molecule has 1 aliphatic rings. The highest BCUT2D eigenvalue weighted by molar-refractivity contribution is 7.80. The van der Waals surface area contributed by atoms with Gasteiger partial charge >= 0.3 is 0 Å². The summed E-state index contributed by atoms with van der Waals surface area (Å²) in [7, 11) is 0. The van der Waals surface area contributed by atoms with Gasteiger partial charge in [-0.3, -0.25) is 4.98 Å². The van der Waals surface area contributed by atoms with E-state index in [-0.39, 0.29) is 12.1 Å². The summed E-state index contributed by atoms with van der Waals surface area (Å²) >= 11 is 5.68. The Bertz CT molecular complexity index is 875. The van der Waals surface area contributed by atoms with Crippen molar-refractivity contribution in [3.63, 3.8) is 0 Å². The molecule has 2 aromatic heterocycles. The molecule has 0 spiro atoms. The average Bonchev–Trinajstić information content (AvgIpc) is 3.30. The van der Waals surface area contributed by atoms with E-state index in [1.54, 1.807) is 12.5 Å². The lowest BCUT2D eigenvalue weighted by atomic mass is 10.0. The smallest absolute Gasteiger partial charge is 0.174 e. The van der Waals surface area contributed by atoms with Crippen LogP contribution < -0.4 is 10.2 Å². The Kier molecular flexibility index (Phi) is 4.47. The third-order valence-electron chi connectivity index (χ3n) is 4.77. The molecule has 3 heterocycles. The van der Waals surface area contributed by atoms with E-state index in [2.05, 4.69) is 53.3 Å². The summed E-state index contributed by atoms with van der Waals surface area (Å²) in [5.74, 6) is 1.36. The van der Waals surface area contributed by atoms with Crippen molar-refractivity contribution in [2.45, 2.75) is 31.8 Å². The van der Waals surface area contributed by atoms with E-state index >= 15 is 0 Å². The van der Waals surface area contributed by atoms with Crippen molar-refractivity contribution in [1.29, 1.82) is 0 Å². The fraction of sp³-hybridized carbons (Fsp3) is 0.238. The third-order valence-corrected chi connectivity index (χ3v) is 5.09. The number of anilines is 1. The standard InChI is InChI=1S/C21H21N3OS/c1-14(2)15-8-10-16(11-9-15)24-20(18-7-5-13-25-18)19(23-21(24)26)17-6-3-4-12-22-17/h3-14,19-20H,1-2H3,(H,23,26)/t19-,20-/m0/s1. The molecular weight excluding hydrogens is 342 g/mol. The van der Waals surface area contributed by atoms with E-state index in [0.717, 1.165) is 17.1 Å². The van der Waals surface area contributed by atoms with Crippen LogP contribution in [0.2, 0.25) is 0 Å². The number of benzene rings is 1. The molecule has 132 valence electrons. The number of furan rings is 1. The Hall–Kier alpha value is -2.66. The molecule has 26 heavy (non-hydrogen) atoms. The predicted octanol–water partition coefficient (Wildman–Crippen LogP) is 4.98. The predicted molar refractivity (Wildman–Crippen MR) is 107 cm³/mol. The number of aromatic nitrogens is 1. The Balaban J connectivity index is 1.76. The first-order chi connectivity index (χ1) is 12.6. The molecule has 1 fully saturated rings. The highest BCUT2D eigenvalue weighted by Crippen LogP contribution is 2.41.